The number of hydrogen-bond donors (Lipinski definition) is 0. The largest absolute Gasteiger partial charge is 0.497 e. The number of methoxy groups -OCH3 is 1. The Kier molecular flexibility index (Phi) is 7.67. The molecule has 2 aliphatic rings. The predicted molar refractivity (Wildman–Crippen MR) is 155 cm³/mol. The number of Topliss-reactive ketones (excluding diaryl/α,β-unsaturated/α-hetero) is 1. The minimum atomic E-state index is -0.434. The summed E-state index contributed by atoms with van der Waals surface area (Å²) in [6, 6.07) is 23.9. The van der Waals surface area contributed by atoms with Gasteiger partial charge in [0, 0.05) is 16.8 Å². The first kappa shape index (κ1) is 26.6. The van der Waals surface area contributed by atoms with E-state index in [2.05, 4.69) is 4.98 Å². The fourth-order valence-electron chi connectivity index (χ4n) is 5.92. The van der Waals surface area contributed by atoms with E-state index in [1.807, 2.05) is 54.6 Å². The molecule has 3 aromatic carbocycles. The molecule has 0 bridgehead atoms. The van der Waals surface area contributed by atoms with Crippen LogP contribution in [0.2, 0.25) is 0 Å². The normalized spacial score (nSPS) is 17.6. The number of hydrogen-bond acceptors (Lipinski definition) is 6. The summed E-state index contributed by atoms with van der Waals surface area (Å²) in [6.07, 6.45) is 8.30. The Bertz CT molecular complexity index is 1520. The summed E-state index contributed by atoms with van der Waals surface area (Å²) in [5.41, 5.74) is 3.37. The van der Waals surface area contributed by atoms with E-state index in [1.165, 1.54) is 6.26 Å². The molecule has 4 aromatic rings. The van der Waals surface area contributed by atoms with Gasteiger partial charge >= 0.3 is 0 Å². The maximum Gasteiger partial charge on any atom is 0.294 e. The number of benzene rings is 3. The van der Waals surface area contributed by atoms with Crippen LogP contribution in [-0.4, -0.2) is 29.8 Å². The van der Waals surface area contributed by atoms with Crippen LogP contribution < -0.4 is 9.64 Å². The number of oxazole rings is 1. The van der Waals surface area contributed by atoms with Crippen molar-refractivity contribution in [3.05, 3.63) is 114 Å². The molecule has 0 radical (unpaired) electrons. The lowest BCUT2D eigenvalue weighted by atomic mass is 9.79. The number of ketones is 1. The lowest BCUT2D eigenvalue weighted by molar-refractivity contribution is -0.118. The highest BCUT2D eigenvalue weighted by molar-refractivity contribution is 6.21. The van der Waals surface area contributed by atoms with E-state index >= 15 is 0 Å². The SMILES string of the molecule is COc1ccc(C(=O)C2=C(OCc3ccccc3)C(=O)N(c3ccc(-c4ncco4)cc3)C2C2CCCCC2)cc1. The number of amides is 1. The van der Waals surface area contributed by atoms with Crippen LogP contribution in [0.15, 0.2) is 107 Å². The molecule has 1 aliphatic heterocycles. The molecule has 0 saturated heterocycles. The Hall–Kier alpha value is -4.65. The van der Waals surface area contributed by atoms with Crippen LogP contribution in [-0.2, 0) is 16.1 Å². The Labute approximate surface area is 239 Å². The maximum atomic E-state index is 14.3. The second-order valence-corrected chi connectivity index (χ2v) is 10.5. The van der Waals surface area contributed by atoms with E-state index in [-0.39, 0.29) is 30.0 Å². The van der Waals surface area contributed by atoms with Gasteiger partial charge in [0.15, 0.2) is 11.5 Å². The van der Waals surface area contributed by atoms with Crippen molar-refractivity contribution in [2.24, 2.45) is 5.92 Å². The molecular formula is C34H32N2O5. The molecule has 1 unspecified atom stereocenters. The zero-order valence-electron chi connectivity index (χ0n) is 23.0. The van der Waals surface area contributed by atoms with Crippen molar-refractivity contribution < 1.29 is 23.5 Å². The average Bonchev–Trinajstić information content (AvgIpc) is 3.67. The van der Waals surface area contributed by atoms with Crippen LogP contribution in [0.4, 0.5) is 5.69 Å². The van der Waals surface area contributed by atoms with E-state index in [0.717, 1.165) is 43.2 Å². The molecule has 6 rings (SSSR count). The first-order chi connectivity index (χ1) is 20.1. The Morgan fingerprint density at radius 1 is 0.951 bits per heavy atom. The number of aromatic nitrogens is 1. The summed E-state index contributed by atoms with van der Waals surface area (Å²) < 4.78 is 17.0. The van der Waals surface area contributed by atoms with Gasteiger partial charge in [0.25, 0.3) is 5.91 Å². The van der Waals surface area contributed by atoms with Crippen LogP contribution in [0.3, 0.4) is 0 Å². The molecule has 2 heterocycles. The highest BCUT2D eigenvalue weighted by Gasteiger charge is 2.48. The van der Waals surface area contributed by atoms with Gasteiger partial charge in [-0.1, -0.05) is 49.6 Å². The topological polar surface area (TPSA) is 81.9 Å². The van der Waals surface area contributed by atoms with Gasteiger partial charge in [0.2, 0.25) is 5.89 Å². The van der Waals surface area contributed by atoms with Gasteiger partial charge in [0.1, 0.15) is 18.6 Å². The summed E-state index contributed by atoms with van der Waals surface area (Å²) in [4.78, 5) is 34.6. The van der Waals surface area contributed by atoms with Crippen LogP contribution in [0.5, 0.6) is 5.75 Å². The lowest BCUT2D eigenvalue weighted by Gasteiger charge is -2.35. The number of carbonyl (C=O) groups is 2. The molecule has 1 saturated carbocycles. The lowest BCUT2D eigenvalue weighted by Crippen LogP contribution is -2.42. The maximum absolute atomic E-state index is 14.3. The van der Waals surface area contributed by atoms with Crippen molar-refractivity contribution in [1.29, 1.82) is 0 Å². The summed E-state index contributed by atoms with van der Waals surface area (Å²) in [7, 11) is 1.59. The highest BCUT2D eigenvalue weighted by Crippen LogP contribution is 2.42. The van der Waals surface area contributed by atoms with Gasteiger partial charge in [-0.25, -0.2) is 4.98 Å². The second-order valence-electron chi connectivity index (χ2n) is 10.5. The molecule has 1 aliphatic carbocycles. The number of ether oxygens (including phenoxy) is 2. The summed E-state index contributed by atoms with van der Waals surface area (Å²) in [6.45, 7) is 0.190. The fourth-order valence-corrected chi connectivity index (χ4v) is 5.92. The molecule has 41 heavy (non-hydrogen) atoms. The Morgan fingerprint density at radius 2 is 1.68 bits per heavy atom. The minimum absolute atomic E-state index is 0.127. The van der Waals surface area contributed by atoms with Gasteiger partial charge in [-0.2, -0.15) is 0 Å². The van der Waals surface area contributed by atoms with Crippen LogP contribution >= 0.6 is 0 Å². The molecular weight excluding hydrogens is 516 g/mol. The highest BCUT2D eigenvalue weighted by atomic mass is 16.5. The van der Waals surface area contributed by atoms with Crippen LogP contribution in [0, 0.1) is 5.92 Å². The average molecular weight is 549 g/mol. The van der Waals surface area contributed by atoms with E-state index < -0.39 is 6.04 Å². The summed E-state index contributed by atoms with van der Waals surface area (Å²) >= 11 is 0. The Morgan fingerprint density at radius 3 is 2.34 bits per heavy atom. The number of nitrogens with zero attached hydrogens (tertiary/aromatic N) is 2. The molecule has 0 N–H and O–H groups in total. The van der Waals surface area contributed by atoms with Crippen molar-refractivity contribution in [3.8, 4) is 17.2 Å². The summed E-state index contributed by atoms with van der Waals surface area (Å²) in [5.74, 6) is 0.940. The summed E-state index contributed by atoms with van der Waals surface area (Å²) in [5, 5.41) is 0. The van der Waals surface area contributed by atoms with Crippen molar-refractivity contribution in [2.45, 2.75) is 44.8 Å². The van der Waals surface area contributed by atoms with Crippen molar-refractivity contribution in [3.63, 3.8) is 0 Å². The van der Waals surface area contributed by atoms with E-state index in [4.69, 9.17) is 13.9 Å². The number of carbonyl (C=O) groups excluding carboxylic acids is 2. The Balaban J connectivity index is 1.43. The molecule has 1 fully saturated rings. The molecule has 1 aromatic heterocycles. The first-order valence-corrected chi connectivity index (χ1v) is 14.1. The smallest absolute Gasteiger partial charge is 0.294 e. The third kappa shape index (κ3) is 5.40. The fraction of sp³-hybridized carbons (Fsp3) is 0.265. The third-order valence-corrected chi connectivity index (χ3v) is 7.98. The number of rotatable bonds is 9. The van der Waals surface area contributed by atoms with Gasteiger partial charge in [-0.15, -0.1) is 0 Å². The molecule has 7 nitrogen and oxygen atoms in total. The molecule has 208 valence electrons. The number of anilines is 1. The zero-order chi connectivity index (χ0) is 28.2. The van der Waals surface area contributed by atoms with Crippen LogP contribution in [0.1, 0.15) is 48.0 Å². The minimum Gasteiger partial charge on any atom is -0.497 e. The zero-order valence-corrected chi connectivity index (χ0v) is 23.0. The second kappa shape index (κ2) is 11.8. The molecule has 7 heteroatoms. The molecule has 1 atom stereocenters. The van der Waals surface area contributed by atoms with Crippen LogP contribution in [0.25, 0.3) is 11.5 Å². The van der Waals surface area contributed by atoms with Gasteiger partial charge in [-0.3, -0.25) is 14.5 Å². The monoisotopic (exact) mass is 548 g/mol. The van der Waals surface area contributed by atoms with E-state index in [9.17, 15) is 9.59 Å². The first-order valence-electron chi connectivity index (χ1n) is 14.1. The van der Waals surface area contributed by atoms with Gasteiger partial charge in [0.05, 0.1) is 24.9 Å². The van der Waals surface area contributed by atoms with Crippen molar-refractivity contribution >= 4 is 17.4 Å². The van der Waals surface area contributed by atoms with Gasteiger partial charge < -0.3 is 13.9 Å². The predicted octanol–water partition coefficient (Wildman–Crippen LogP) is 7.00. The molecule has 0 spiro atoms. The van der Waals surface area contributed by atoms with E-state index in [1.54, 1.807) is 42.5 Å². The van der Waals surface area contributed by atoms with E-state index in [0.29, 0.717) is 28.5 Å². The van der Waals surface area contributed by atoms with Crippen molar-refractivity contribution in [2.75, 3.05) is 12.0 Å². The third-order valence-electron chi connectivity index (χ3n) is 7.98. The standard InChI is InChI=1S/C34H32N2O5/c1-39-28-18-14-25(15-19-28)31(37)29-30(24-10-6-3-7-11-24)36(27-16-12-26(13-17-27)33-35-20-21-40-33)34(38)32(29)41-22-23-8-4-2-5-9-23/h2,4-5,8-9,12-21,24,30H,3,6-7,10-11,22H2,1H3. The van der Waals surface area contributed by atoms with Gasteiger partial charge in [-0.05, 0) is 72.9 Å². The quantitative estimate of drug-likeness (QED) is 0.210. The van der Waals surface area contributed by atoms with Crippen molar-refractivity contribution in [1.82, 2.24) is 4.98 Å². The molecule has 1 amide bonds.